The monoisotopic (exact) mass is 630 g/mol. The summed E-state index contributed by atoms with van der Waals surface area (Å²) in [5.74, 6) is 0. The highest BCUT2D eigenvalue weighted by Crippen LogP contribution is 2.62. The zero-order chi connectivity index (χ0) is 31.2. The van der Waals surface area contributed by atoms with Crippen LogP contribution >= 0.6 is 14.5 Å². The van der Waals surface area contributed by atoms with Crippen LogP contribution in [-0.4, -0.2) is 62.3 Å². The highest BCUT2D eigenvalue weighted by atomic mass is 32.3. The summed E-state index contributed by atoms with van der Waals surface area (Å²) in [5.41, 5.74) is 0. The molecule has 0 aromatic carbocycles. The van der Waals surface area contributed by atoms with Crippen LogP contribution < -0.4 is 5.26 Å². The van der Waals surface area contributed by atoms with Crippen LogP contribution in [0.4, 0.5) is 0 Å². The van der Waals surface area contributed by atoms with E-state index in [0.29, 0.717) is 0 Å². The molecule has 0 saturated heterocycles. The van der Waals surface area contributed by atoms with Gasteiger partial charge in [-0.25, -0.2) is 8.42 Å². The minimum Gasteiger partial charge on any atom is -0.726 e. The summed E-state index contributed by atoms with van der Waals surface area (Å²) in [5, 5.41) is 8.55. The quantitative estimate of drug-likeness (QED) is 0.0329. The fraction of sp³-hybridized carbons (Fsp3) is 1.00. The number of unbranched alkanes of at least 4 members (excludes halogenated alkanes) is 8. The molecule has 0 atom stereocenters. The zero-order valence-corrected chi connectivity index (χ0v) is 30.9. The first kappa shape index (κ1) is 45.1. The molecule has 0 aromatic rings. The van der Waals surface area contributed by atoms with Gasteiger partial charge in [0.2, 0.25) is 10.4 Å². The second-order valence-electron chi connectivity index (χ2n) is 11.8. The molecular weight excluding hydrogens is 558 g/mol. The molecule has 0 aromatic heterocycles. The largest absolute Gasteiger partial charge is 0.726 e. The maximum absolute atomic E-state index is 8.91. The predicted molar refractivity (Wildman–Crippen MR) is 183 cm³/mol. The van der Waals surface area contributed by atoms with Crippen LogP contribution in [0, 0.1) is 0 Å². The van der Waals surface area contributed by atoms with Gasteiger partial charge >= 0.3 is 0 Å². The van der Waals surface area contributed by atoms with E-state index in [4.69, 9.17) is 18.2 Å². The van der Waals surface area contributed by atoms with E-state index < -0.39 is 24.9 Å². The third-order valence-corrected chi connectivity index (χ3v) is 18.3. The van der Waals surface area contributed by atoms with Crippen molar-refractivity contribution >= 4 is 24.9 Å². The topological polar surface area (TPSA) is 89.5 Å². The van der Waals surface area contributed by atoms with Gasteiger partial charge in [-0.2, -0.15) is 0 Å². The first-order valence-corrected chi connectivity index (χ1v) is 23.4. The highest BCUT2D eigenvalue weighted by molar-refractivity contribution is 7.80. The molecule has 0 radical (unpaired) electrons. The van der Waals surface area contributed by atoms with Crippen LogP contribution in [-0.2, 0) is 14.7 Å². The Morgan fingerprint density at radius 2 is 0.550 bits per heavy atom. The molecular formula is C32H72O5P2S. The fourth-order valence-corrected chi connectivity index (χ4v) is 15.9. The van der Waals surface area contributed by atoms with Crippen LogP contribution in [0.1, 0.15) is 158 Å². The Labute approximate surface area is 254 Å². The SMILES string of the molecule is CCCC[P+](CCCC)(CCCC)CCCC.CCCC[P+](CCCC)(CCCC)CCCC.O=S(=O)([O-])O[O-]. The Bertz CT molecular complexity index is 491. The Morgan fingerprint density at radius 3 is 0.625 bits per heavy atom. The van der Waals surface area contributed by atoms with Crippen LogP contribution in [0.25, 0.3) is 0 Å². The molecule has 5 nitrogen and oxygen atoms in total. The summed E-state index contributed by atoms with van der Waals surface area (Å²) >= 11 is 0. The smallest absolute Gasteiger partial charge is 0.208 e. The minimum atomic E-state index is -4.97. The molecule has 40 heavy (non-hydrogen) atoms. The summed E-state index contributed by atoms with van der Waals surface area (Å²) < 4.78 is 28.8. The molecule has 0 unspecified atom stereocenters. The standard InChI is InChI=1S/2C16H36P.H2O5S/c2*1-5-9-13-17(14-10-6-2,15-11-7-3)16-12-8-4;1-5-6(2,3)4/h2*5-16H2,1-4H3;1H,(H,2,3,4)/q2*+1;/p-2. The van der Waals surface area contributed by atoms with E-state index in [9.17, 15) is 0 Å². The van der Waals surface area contributed by atoms with Crippen LogP contribution in [0.3, 0.4) is 0 Å². The van der Waals surface area contributed by atoms with Crippen molar-refractivity contribution < 1.29 is 22.6 Å². The highest BCUT2D eigenvalue weighted by Gasteiger charge is 2.35. The molecule has 0 heterocycles. The average molecular weight is 631 g/mol. The first-order valence-electron chi connectivity index (χ1n) is 17.0. The number of hydrogen-bond donors (Lipinski definition) is 0. The van der Waals surface area contributed by atoms with E-state index in [2.05, 4.69) is 59.7 Å². The lowest BCUT2D eigenvalue weighted by molar-refractivity contribution is -0.637. The maximum Gasteiger partial charge on any atom is 0.208 e. The van der Waals surface area contributed by atoms with Gasteiger partial charge in [0.15, 0.2) is 0 Å². The average Bonchev–Trinajstić information content (AvgIpc) is 2.96. The van der Waals surface area contributed by atoms with Gasteiger partial charge in [-0.3, -0.25) is 0 Å². The maximum atomic E-state index is 8.91. The fourth-order valence-electron chi connectivity index (χ4n) is 5.29. The van der Waals surface area contributed by atoms with Crippen molar-refractivity contribution in [3.05, 3.63) is 0 Å². The Hall–Kier alpha value is 0.690. The van der Waals surface area contributed by atoms with E-state index in [1.165, 1.54) is 103 Å². The van der Waals surface area contributed by atoms with Crippen LogP contribution in [0.2, 0.25) is 0 Å². The molecule has 0 bridgehead atoms. The lowest BCUT2D eigenvalue weighted by Gasteiger charge is -2.28. The molecule has 0 aliphatic carbocycles. The van der Waals surface area contributed by atoms with Gasteiger partial charge in [-0.15, -0.1) is 0 Å². The summed E-state index contributed by atoms with van der Waals surface area (Å²) in [6, 6.07) is 0. The summed E-state index contributed by atoms with van der Waals surface area (Å²) in [7, 11) is -6.09. The van der Waals surface area contributed by atoms with Crippen molar-refractivity contribution in [2.24, 2.45) is 0 Å². The predicted octanol–water partition coefficient (Wildman–Crippen LogP) is 10.1. The summed E-state index contributed by atoms with van der Waals surface area (Å²) in [6.07, 6.45) is 35.9. The van der Waals surface area contributed by atoms with Crippen molar-refractivity contribution in [2.75, 3.05) is 49.3 Å². The zero-order valence-electron chi connectivity index (χ0n) is 28.3. The summed E-state index contributed by atoms with van der Waals surface area (Å²) in [6.45, 7) is 18.8. The van der Waals surface area contributed by atoms with Gasteiger partial charge in [0.1, 0.15) is 0 Å². The van der Waals surface area contributed by atoms with Gasteiger partial charge in [0.05, 0.1) is 49.3 Å². The molecule has 0 fully saturated rings. The van der Waals surface area contributed by atoms with Crippen molar-refractivity contribution in [1.29, 1.82) is 0 Å². The second-order valence-corrected chi connectivity index (χ2v) is 21.7. The van der Waals surface area contributed by atoms with E-state index in [-0.39, 0.29) is 0 Å². The molecule has 0 N–H and O–H groups in total. The Morgan fingerprint density at radius 1 is 0.425 bits per heavy atom. The molecule has 0 aliphatic heterocycles. The van der Waals surface area contributed by atoms with Crippen molar-refractivity contribution in [2.45, 2.75) is 158 Å². The molecule has 8 heteroatoms. The van der Waals surface area contributed by atoms with E-state index in [1.54, 1.807) is 49.3 Å². The third kappa shape index (κ3) is 28.8. The molecule has 246 valence electrons. The van der Waals surface area contributed by atoms with Gasteiger partial charge in [0.25, 0.3) is 0 Å². The van der Waals surface area contributed by atoms with Crippen LogP contribution in [0.15, 0.2) is 0 Å². The van der Waals surface area contributed by atoms with E-state index >= 15 is 0 Å². The minimum absolute atomic E-state index is 0.562. The Balaban J connectivity index is -0.000000569. The van der Waals surface area contributed by atoms with E-state index in [1.807, 2.05) is 0 Å². The molecule has 0 spiro atoms. The molecule has 0 aliphatic rings. The van der Waals surface area contributed by atoms with Gasteiger partial charge in [0, 0.05) is 14.5 Å². The number of rotatable bonds is 25. The lowest BCUT2D eigenvalue weighted by atomic mass is 10.4. The lowest BCUT2D eigenvalue weighted by Crippen LogP contribution is -2.13. The Kier molecular flexibility index (Phi) is 35.1. The first-order chi connectivity index (χ1) is 19.0. The second kappa shape index (κ2) is 31.1. The normalized spacial score (nSPS) is 11.9. The van der Waals surface area contributed by atoms with Gasteiger partial charge < -0.3 is 14.1 Å². The number of hydrogen-bond acceptors (Lipinski definition) is 5. The van der Waals surface area contributed by atoms with Gasteiger partial charge in [-0.1, -0.05) is 107 Å². The molecule has 0 amide bonds. The van der Waals surface area contributed by atoms with Gasteiger partial charge in [-0.05, 0) is 51.4 Å². The molecule has 0 rings (SSSR count). The molecule has 0 saturated carbocycles. The summed E-state index contributed by atoms with van der Waals surface area (Å²) in [4.78, 5) is 0. The van der Waals surface area contributed by atoms with Crippen molar-refractivity contribution in [1.82, 2.24) is 0 Å². The third-order valence-electron chi connectivity index (χ3n) is 7.97. The van der Waals surface area contributed by atoms with Crippen molar-refractivity contribution in [3.8, 4) is 0 Å². The van der Waals surface area contributed by atoms with E-state index in [0.717, 1.165) is 0 Å². The van der Waals surface area contributed by atoms with Crippen molar-refractivity contribution in [3.63, 3.8) is 0 Å². The van der Waals surface area contributed by atoms with Crippen LogP contribution in [0.5, 0.6) is 0 Å².